The van der Waals surface area contributed by atoms with Gasteiger partial charge in [-0.3, -0.25) is 0 Å². The van der Waals surface area contributed by atoms with Crippen molar-refractivity contribution in [1.82, 2.24) is 5.32 Å². The molecule has 0 aliphatic heterocycles. The van der Waals surface area contributed by atoms with Gasteiger partial charge in [-0.1, -0.05) is 6.07 Å². The summed E-state index contributed by atoms with van der Waals surface area (Å²) in [5, 5.41) is 5.47. The Morgan fingerprint density at radius 2 is 2.24 bits per heavy atom. The summed E-state index contributed by atoms with van der Waals surface area (Å²) in [5.41, 5.74) is 1.89. The highest BCUT2D eigenvalue weighted by molar-refractivity contribution is 9.10. The Morgan fingerprint density at radius 1 is 1.47 bits per heavy atom. The summed E-state index contributed by atoms with van der Waals surface area (Å²) in [4.78, 5) is 11.5. The van der Waals surface area contributed by atoms with Crippen LogP contribution in [0.15, 0.2) is 22.7 Å². The molecule has 17 heavy (non-hydrogen) atoms. The molecule has 2 amide bonds. The van der Waals surface area contributed by atoms with Gasteiger partial charge in [0.25, 0.3) is 0 Å². The van der Waals surface area contributed by atoms with E-state index in [2.05, 4.69) is 26.6 Å². The first-order chi connectivity index (χ1) is 8.13. The summed E-state index contributed by atoms with van der Waals surface area (Å²) in [5.74, 6) is 0. The van der Waals surface area contributed by atoms with Crippen molar-refractivity contribution in [3.63, 3.8) is 0 Å². The number of rotatable bonds is 5. The number of aryl methyl sites for hydroxylation is 1. The summed E-state index contributed by atoms with van der Waals surface area (Å²) < 4.78 is 5.99. The molecule has 0 heterocycles. The van der Waals surface area contributed by atoms with E-state index in [1.54, 1.807) is 0 Å². The van der Waals surface area contributed by atoms with Crippen LogP contribution in [0.2, 0.25) is 0 Å². The van der Waals surface area contributed by atoms with Gasteiger partial charge in [-0.2, -0.15) is 0 Å². The molecule has 1 rings (SSSR count). The van der Waals surface area contributed by atoms with Crippen LogP contribution in [-0.2, 0) is 4.74 Å². The molecule has 0 aliphatic rings. The van der Waals surface area contributed by atoms with Crippen LogP contribution < -0.4 is 10.6 Å². The van der Waals surface area contributed by atoms with Gasteiger partial charge in [-0.15, -0.1) is 0 Å². The van der Waals surface area contributed by atoms with Crippen molar-refractivity contribution in [2.45, 2.75) is 13.8 Å². The van der Waals surface area contributed by atoms with Crippen molar-refractivity contribution in [1.29, 1.82) is 0 Å². The number of hydrogen-bond donors (Lipinski definition) is 2. The van der Waals surface area contributed by atoms with Crippen LogP contribution in [0.25, 0.3) is 0 Å². The topological polar surface area (TPSA) is 50.4 Å². The number of carbonyl (C=O) groups is 1. The van der Waals surface area contributed by atoms with Gasteiger partial charge in [0, 0.05) is 17.6 Å². The SMILES string of the molecule is CCOCCNC(=O)Nc1ccc(C)cc1Br. The highest BCUT2D eigenvalue weighted by Gasteiger charge is 2.04. The Balaban J connectivity index is 2.40. The van der Waals surface area contributed by atoms with Crippen LogP contribution in [0.5, 0.6) is 0 Å². The van der Waals surface area contributed by atoms with Crippen molar-refractivity contribution < 1.29 is 9.53 Å². The number of ether oxygens (including phenoxy) is 1. The van der Waals surface area contributed by atoms with E-state index in [1.165, 1.54) is 0 Å². The van der Waals surface area contributed by atoms with Crippen LogP contribution in [0, 0.1) is 6.92 Å². The number of carbonyl (C=O) groups excluding carboxylic acids is 1. The Morgan fingerprint density at radius 3 is 2.88 bits per heavy atom. The summed E-state index contributed by atoms with van der Waals surface area (Å²) >= 11 is 3.40. The zero-order valence-electron chi connectivity index (χ0n) is 10.0. The van der Waals surface area contributed by atoms with Gasteiger partial charge < -0.3 is 15.4 Å². The van der Waals surface area contributed by atoms with E-state index in [-0.39, 0.29) is 6.03 Å². The molecule has 0 saturated carbocycles. The van der Waals surface area contributed by atoms with E-state index in [1.807, 2.05) is 32.0 Å². The van der Waals surface area contributed by atoms with Gasteiger partial charge in [0.15, 0.2) is 0 Å². The fourth-order valence-corrected chi connectivity index (χ4v) is 1.86. The van der Waals surface area contributed by atoms with Crippen LogP contribution >= 0.6 is 15.9 Å². The monoisotopic (exact) mass is 300 g/mol. The highest BCUT2D eigenvalue weighted by atomic mass is 79.9. The molecule has 5 heteroatoms. The predicted octanol–water partition coefficient (Wildman–Crippen LogP) is 2.92. The Hall–Kier alpha value is -1.07. The van der Waals surface area contributed by atoms with Crippen LogP contribution in [0.3, 0.4) is 0 Å². The van der Waals surface area contributed by atoms with E-state index in [9.17, 15) is 4.79 Å². The Bertz CT molecular complexity index is 383. The number of hydrogen-bond acceptors (Lipinski definition) is 2. The van der Waals surface area contributed by atoms with Gasteiger partial charge in [0.2, 0.25) is 0 Å². The predicted molar refractivity (Wildman–Crippen MR) is 72.4 cm³/mol. The third kappa shape index (κ3) is 5.19. The minimum absolute atomic E-state index is 0.228. The first-order valence-electron chi connectivity index (χ1n) is 5.52. The fourth-order valence-electron chi connectivity index (χ4n) is 1.27. The minimum atomic E-state index is -0.228. The highest BCUT2D eigenvalue weighted by Crippen LogP contribution is 2.22. The molecule has 0 fully saturated rings. The Kier molecular flexibility index (Phi) is 6.00. The molecule has 0 aliphatic carbocycles. The molecule has 2 N–H and O–H groups in total. The third-order valence-corrected chi connectivity index (χ3v) is 2.76. The number of amides is 2. The van der Waals surface area contributed by atoms with Crippen molar-refractivity contribution >= 4 is 27.6 Å². The fraction of sp³-hybridized carbons (Fsp3) is 0.417. The lowest BCUT2D eigenvalue weighted by Gasteiger charge is -2.09. The maximum atomic E-state index is 11.5. The van der Waals surface area contributed by atoms with Gasteiger partial charge in [0.1, 0.15) is 0 Å². The van der Waals surface area contributed by atoms with Crippen molar-refractivity contribution in [2.24, 2.45) is 0 Å². The average Bonchev–Trinajstić information content (AvgIpc) is 2.28. The van der Waals surface area contributed by atoms with E-state index in [0.29, 0.717) is 19.8 Å². The van der Waals surface area contributed by atoms with Crippen molar-refractivity contribution in [3.05, 3.63) is 28.2 Å². The molecule has 0 unspecified atom stereocenters. The summed E-state index contributed by atoms with van der Waals surface area (Å²) in [6.45, 7) is 5.61. The number of benzene rings is 1. The number of halogens is 1. The summed E-state index contributed by atoms with van der Waals surface area (Å²) in [7, 11) is 0. The molecule has 4 nitrogen and oxygen atoms in total. The quantitative estimate of drug-likeness (QED) is 0.822. The maximum absolute atomic E-state index is 11.5. The Labute approximate surface area is 110 Å². The first kappa shape index (κ1) is 14.0. The average molecular weight is 301 g/mol. The van der Waals surface area contributed by atoms with Gasteiger partial charge in [-0.25, -0.2) is 4.79 Å². The number of urea groups is 1. The second-order valence-electron chi connectivity index (χ2n) is 3.56. The zero-order chi connectivity index (χ0) is 12.7. The first-order valence-corrected chi connectivity index (χ1v) is 6.31. The lowest BCUT2D eigenvalue weighted by molar-refractivity contribution is 0.150. The van der Waals surface area contributed by atoms with Gasteiger partial charge >= 0.3 is 6.03 Å². The lowest BCUT2D eigenvalue weighted by Crippen LogP contribution is -2.31. The van der Waals surface area contributed by atoms with Crippen LogP contribution in [-0.4, -0.2) is 25.8 Å². The molecule has 94 valence electrons. The van der Waals surface area contributed by atoms with Crippen molar-refractivity contribution in [3.8, 4) is 0 Å². The molecule has 0 atom stereocenters. The molecule has 0 spiro atoms. The van der Waals surface area contributed by atoms with E-state index < -0.39 is 0 Å². The number of nitrogens with one attached hydrogen (secondary N) is 2. The molecule has 0 aromatic heterocycles. The molecule has 1 aromatic rings. The largest absolute Gasteiger partial charge is 0.380 e. The molecular weight excluding hydrogens is 284 g/mol. The van der Waals surface area contributed by atoms with E-state index in [0.717, 1.165) is 15.7 Å². The second-order valence-corrected chi connectivity index (χ2v) is 4.42. The van der Waals surface area contributed by atoms with Crippen LogP contribution in [0.1, 0.15) is 12.5 Å². The molecular formula is C12H17BrN2O2. The smallest absolute Gasteiger partial charge is 0.319 e. The zero-order valence-corrected chi connectivity index (χ0v) is 11.6. The molecule has 0 bridgehead atoms. The van der Waals surface area contributed by atoms with E-state index >= 15 is 0 Å². The standard InChI is InChI=1S/C12H17BrN2O2/c1-3-17-7-6-14-12(16)15-11-5-4-9(2)8-10(11)13/h4-5,8H,3,6-7H2,1-2H3,(H2,14,15,16). The molecule has 0 saturated heterocycles. The van der Waals surface area contributed by atoms with Crippen LogP contribution in [0.4, 0.5) is 10.5 Å². The summed E-state index contributed by atoms with van der Waals surface area (Å²) in [6.07, 6.45) is 0. The summed E-state index contributed by atoms with van der Waals surface area (Å²) in [6, 6.07) is 5.53. The van der Waals surface area contributed by atoms with Gasteiger partial charge in [0.05, 0.1) is 12.3 Å². The minimum Gasteiger partial charge on any atom is -0.380 e. The molecule has 0 radical (unpaired) electrons. The van der Waals surface area contributed by atoms with Gasteiger partial charge in [-0.05, 0) is 47.5 Å². The normalized spacial score (nSPS) is 10.1. The van der Waals surface area contributed by atoms with Crippen molar-refractivity contribution in [2.75, 3.05) is 25.1 Å². The molecule has 1 aromatic carbocycles. The third-order valence-electron chi connectivity index (χ3n) is 2.11. The lowest BCUT2D eigenvalue weighted by atomic mass is 10.2. The number of anilines is 1. The maximum Gasteiger partial charge on any atom is 0.319 e. The van der Waals surface area contributed by atoms with E-state index in [4.69, 9.17) is 4.74 Å². The second kappa shape index (κ2) is 7.29.